The molecule has 1 aromatic carbocycles. The number of benzene rings is 1. The van der Waals surface area contributed by atoms with E-state index in [1.54, 1.807) is 0 Å². The number of nitrogens with zero attached hydrogens (tertiary/aromatic N) is 2. The van der Waals surface area contributed by atoms with Gasteiger partial charge in [-0.15, -0.1) is 0 Å². The first kappa shape index (κ1) is 23.5. The minimum absolute atomic E-state index is 0.00408. The first-order valence-electron chi connectivity index (χ1n) is 13.0. The first-order valence-corrected chi connectivity index (χ1v) is 14.2. The predicted molar refractivity (Wildman–Crippen MR) is 141 cm³/mol. The molecule has 0 bridgehead atoms. The van der Waals surface area contributed by atoms with Crippen molar-refractivity contribution >= 4 is 50.1 Å². The number of piperidine rings is 1. The van der Waals surface area contributed by atoms with Crippen LogP contribution < -0.4 is 5.32 Å². The number of para-hydroxylation sites is 1. The summed E-state index contributed by atoms with van der Waals surface area (Å²) in [6.45, 7) is 7.02. The van der Waals surface area contributed by atoms with Crippen LogP contribution in [0.25, 0.3) is 10.2 Å². The summed E-state index contributed by atoms with van der Waals surface area (Å²) in [5.74, 6) is 2.08. The van der Waals surface area contributed by atoms with Crippen LogP contribution in [0.15, 0.2) is 29.5 Å². The van der Waals surface area contributed by atoms with E-state index in [0.29, 0.717) is 34.3 Å². The van der Waals surface area contributed by atoms with Gasteiger partial charge in [0.1, 0.15) is 5.52 Å². The molecule has 1 N–H and O–H groups in total. The van der Waals surface area contributed by atoms with Crippen molar-refractivity contribution in [2.24, 2.45) is 34.5 Å². The average Bonchev–Trinajstić information content (AvgIpc) is 3.38. The van der Waals surface area contributed by atoms with Crippen molar-refractivity contribution in [1.82, 2.24) is 9.88 Å². The largest absolute Gasteiger partial charge is 0.319 e. The number of carbonyl (C=O) groups excluding carboxylic acids is 2. The molecule has 1 aliphatic heterocycles. The standard InChI is InChI=1S/C28H34ClN3O2S/c1-15-14-16-17-8-9-19(25(34)31-26-30-23-20(29)6-5-7-21(23)35-26)27(17,2)12-10-18(16)28(3)13-11-22(33)32(4)24(15)28/h5-7,16-19H,8-14H2,1-4H3,(H,30,31,34)/t16-,17-,18+,19?,27-,28+/m0/s1. The van der Waals surface area contributed by atoms with Crippen molar-refractivity contribution in [3.05, 3.63) is 34.5 Å². The van der Waals surface area contributed by atoms with Crippen LogP contribution in [0.4, 0.5) is 5.13 Å². The van der Waals surface area contributed by atoms with Gasteiger partial charge in [0.15, 0.2) is 5.13 Å². The number of anilines is 1. The molecule has 1 unspecified atom stereocenters. The molecule has 6 rings (SSSR count). The molecule has 2 amide bonds. The SMILES string of the molecule is CC1=C2N(C)C(=O)CC[C@]2(C)[C@@H]2CC[C@]3(C)C(C(=O)Nc4nc5c(Cl)cccc5s4)CC[C@H]3[C@@H]2C1. The summed E-state index contributed by atoms with van der Waals surface area (Å²) >= 11 is 7.80. The van der Waals surface area contributed by atoms with Crippen molar-refractivity contribution in [1.29, 1.82) is 0 Å². The summed E-state index contributed by atoms with van der Waals surface area (Å²) in [5.41, 5.74) is 3.50. The van der Waals surface area contributed by atoms with Crippen LogP contribution in [0, 0.1) is 34.5 Å². The van der Waals surface area contributed by atoms with Gasteiger partial charge in [-0.2, -0.15) is 0 Å². The van der Waals surface area contributed by atoms with Crippen LogP contribution in [0.5, 0.6) is 0 Å². The van der Waals surface area contributed by atoms with E-state index in [2.05, 4.69) is 31.1 Å². The molecule has 1 aromatic heterocycles. The summed E-state index contributed by atoms with van der Waals surface area (Å²) in [6, 6.07) is 5.75. The fourth-order valence-electron chi connectivity index (χ4n) is 8.70. The average molecular weight is 512 g/mol. The number of carbonyl (C=O) groups is 2. The third kappa shape index (κ3) is 3.35. The quantitative estimate of drug-likeness (QED) is 0.477. The Labute approximate surface area is 216 Å². The van der Waals surface area contributed by atoms with Gasteiger partial charge in [-0.05, 0) is 80.8 Å². The fourth-order valence-corrected chi connectivity index (χ4v) is 9.87. The van der Waals surface area contributed by atoms with Gasteiger partial charge >= 0.3 is 0 Å². The van der Waals surface area contributed by atoms with Gasteiger partial charge in [0.2, 0.25) is 11.8 Å². The highest BCUT2D eigenvalue weighted by molar-refractivity contribution is 7.22. The van der Waals surface area contributed by atoms with E-state index < -0.39 is 0 Å². The van der Waals surface area contributed by atoms with Crippen LogP contribution in [0.3, 0.4) is 0 Å². The number of thiazole rings is 1. The molecule has 186 valence electrons. The van der Waals surface area contributed by atoms with E-state index in [1.165, 1.54) is 22.6 Å². The van der Waals surface area contributed by atoms with E-state index in [0.717, 1.165) is 48.7 Å². The second kappa shape index (κ2) is 8.04. The number of halogens is 1. The minimum Gasteiger partial charge on any atom is -0.319 e. The minimum atomic E-state index is 0.00408. The lowest BCUT2D eigenvalue weighted by Crippen LogP contribution is -2.54. The molecule has 2 saturated carbocycles. The monoisotopic (exact) mass is 511 g/mol. The number of likely N-dealkylation sites (tertiary alicyclic amines) is 1. The topological polar surface area (TPSA) is 62.3 Å². The number of hydrogen-bond donors (Lipinski definition) is 1. The fraction of sp³-hybridized carbons (Fsp3) is 0.607. The van der Waals surface area contributed by atoms with Gasteiger partial charge < -0.3 is 10.2 Å². The zero-order valence-corrected chi connectivity index (χ0v) is 22.6. The summed E-state index contributed by atoms with van der Waals surface area (Å²) < 4.78 is 0.994. The normalized spacial score (nSPS) is 36.7. The lowest BCUT2D eigenvalue weighted by atomic mass is 9.48. The van der Waals surface area contributed by atoms with Crippen molar-refractivity contribution in [3.63, 3.8) is 0 Å². The highest BCUT2D eigenvalue weighted by Gasteiger charge is 2.61. The van der Waals surface area contributed by atoms with Gasteiger partial charge in [0.05, 0.1) is 9.72 Å². The zero-order valence-electron chi connectivity index (χ0n) is 21.0. The number of rotatable bonds is 2. The van der Waals surface area contributed by atoms with E-state index >= 15 is 0 Å². The molecule has 2 heterocycles. The van der Waals surface area contributed by atoms with Gasteiger partial charge in [0.25, 0.3) is 0 Å². The predicted octanol–water partition coefficient (Wildman–Crippen LogP) is 6.88. The molecular weight excluding hydrogens is 478 g/mol. The number of allylic oxidation sites excluding steroid dienone is 2. The molecule has 3 aliphatic carbocycles. The lowest BCUT2D eigenvalue weighted by molar-refractivity contribution is -0.137. The second-order valence-corrected chi connectivity index (χ2v) is 13.3. The van der Waals surface area contributed by atoms with Gasteiger partial charge in [-0.1, -0.05) is 48.4 Å². The molecule has 6 atom stereocenters. The van der Waals surface area contributed by atoms with Crippen LogP contribution in [0.1, 0.15) is 65.7 Å². The maximum absolute atomic E-state index is 13.6. The lowest BCUT2D eigenvalue weighted by Gasteiger charge is -2.59. The molecule has 35 heavy (non-hydrogen) atoms. The second-order valence-electron chi connectivity index (χ2n) is 11.8. The smallest absolute Gasteiger partial charge is 0.229 e. The zero-order chi connectivity index (χ0) is 24.7. The molecular formula is C28H34ClN3O2S. The van der Waals surface area contributed by atoms with Crippen molar-refractivity contribution in [2.75, 3.05) is 12.4 Å². The number of nitrogens with one attached hydrogen (secondary N) is 1. The summed E-state index contributed by atoms with van der Waals surface area (Å²) in [5, 5.41) is 4.42. The summed E-state index contributed by atoms with van der Waals surface area (Å²) in [7, 11) is 1.97. The molecule has 7 heteroatoms. The van der Waals surface area contributed by atoms with E-state index in [-0.39, 0.29) is 28.6 Å². The maximum atomic E-state index is 13.6. The van der Waals surface area contributed by atoms with Gasteiger partial charge in [-0.25, -0.2) is 4.98 Å². The number of aromatic nitrogens is 1. The maximum Gasteiger partial charge on any atom is 0.229 e. The Kier molecular flexibility index (Phi) is 5.39. The Morgan fingerprint density at radius 2 is 2.00 bits per heavy atom. The van der Waals surface area contributed by atoms with Gasteiger partial charge in [0, 0.05) is 30.5 Å². The van der Waals surface area contributed by atoms with Crippen molar-refractivity contribution < 1.29 is 9.59 Å². The summed E-state index contributed by atoms with van der Waals surface area (Å²) in [4.78, 5) is 32.7. The van der Waals surface area contributed by atoms with Crippen LogP contribution in [0.2, 0.25) is 5.02 Å². The number of fused-ring (bicyclic) bond motifs is 6. The molecule has 0 spiro atoms. The Balaban J connectivity index is 1.26. The molecule has 1 saturated heterocycles. The number of hydrogen-bond acceptors (Lipinski definition) is 4. The Morgan fingerprint density at radius 3 is 2.77 bits per heavy atom. The van der Waals surface area contributed by atoms with Crippen molar-refractivity contribution in [3.8, 4) is 0 Å². The van der Waals surface area contributed by atoms with E-state index in [1.807, 2.05) is 30.1 Å². The highest BCUT2D eigenvalue weighted by Crippen LogP contribution is 2.67. The van der Waals surface area contributed by atoms with Crippen LogP contribution in [-0.2, 0) is 9.59 Å². The summed E-state index contributed by atoms with van der Waals surface area (Å²) in [6.07, 6.45) is 6.90. The Bertz CT molecular complexity index is 1270. The highest BCUT2D eigenvalue weighted by atomic mass is 35.5. The van der Waals surface area contributed by atoms with Crippen molar-refractivity contribution in [2.45, 2.75) is 65.7 Å². The molecule has 5 nitrogen and oxygen atoms in total. The van der Waals surface area contributed by atoms with Crippen LogP contribution >= 0.6 is 22.9 Å². The Morgan fingerprint density at radius 1 is 1.20 bits per heavy atom. The molecule has 4 aliphatic rings. The third-order valence-corrected chi connectivity index (χ3v) is 11.5. The van der Waals surface area contributed by atoms with E-state index in [4.69, 9.17) is 11.6 Å². The molecule has 3 fully saturated rings. The first-order chi connectivity index (χ1) is 16.6. The number of amides is 2. The van der Waals surface area contributed by atoms with E-state index in [9.17, 15) is 9.59 Å². The Hall–Kier alpha value is -1.92. The molecule has 2 aromatic rings. The van der Waals surface area contributed by atoms with Crippen LogP contribution in [-0.4, -0.2) is 28.7 Å². The van der Waals surface area contributed by atoms with Gasteiger partial charge in [-0.3, -0.25) is 9.59 Å². The molecule has 0 radical (unpaired) electrons. The third-order valence-electron chi connectivity index (χ3n) is 10.2.